The molecule has 0 radical (unpaired) electrons. The van der Waals surface area contributed by atoms with Gasteiger partial charge in [0.25, 0.3) is 11.8 Å². The maximum absolute atomic E-state index is 13.8. The number of amides is 2. The van der Waals surface area contributed by atoms with E-state index in [1.54, 1.807) is 23.1 Å². The van der Waals surface area contributed by atoms with Crippen LogP contribution in [0.4, 0.5) is 14.5 Å². The van der Waals surface area contributed by atoms with Gasteiger partial charge in [0.05, 0.1) is 11.7 Å². The third kappa shape index (κ3) is 3.75. The first-order valence-corrected chi connectivity index (χ1v) is 10.6. The van der Waals surface area contributed by atoms with E-state index < -0.39 is 17.5 Å². The van der Waals surface area contributed by atoms with Gasteiger partial charge in [-0.15, -0.1) is 10.2 Å². The molecule has 5 rings (SSSR count). The van der Waals surface area contributed by atoms with Crippen molar-refractivity contribution in [1.29, 1.82) is 0 Å². The van der Waals surface area contributed by atoms with Crippen molar-refractivity contribution in [2.75, 3.05) is 18.7 Å². The fourth-order valence-electron chi connectivity index (χ4n) is 3.69. The molecule has 0 saturated carbocycles. The predicted octanol–water partition coefficient (Wildman–Crippen LogP) is 3.77. The molecule has 32 heavy (non-hydrogen) atoms. The number of rotatable bonds is 4. The first kappa shape index (κ1) is 20.3. The third-order valence-corrected chi connectivity index (χ3v) is 6.26. The number of carbonyl (C=O) groups is 2. The molecule has 3 heterocycles. The first-order valence-electron chi connectivity index (χ1n) is 9.80. The number of nitrogens with one attached hydrogen (secondary N) is 1. The molecule has 8 nitrogen and oxygen atoms in total. The van der Waals surface area contributed by atoms with Gasteiger partial charge in [-0.2, -0.15) is 0 Å². The molecule has 3 aromatic rings. The number of hydrogen-bond acceptors (Lipinski definition) is 7. The fourth-order valence-corrected chi connectivity index (χ4v) is 4.58. The van der Waals surface area contributed by atoms with Crippen LogP contribution in [-0.4, -0.2) is 40.2 Å². The summed E-state index contributed by atoms with van der Waals surface area (Å²) in [5.41, 5.74) is 0.309. The van der Waals surface area contributed by atoms with E-state index in [4.69, 9.17) is 9.47 Å². The molecule has 2 aromatic carbocycles. The number of carbonyl (C=O) groups excluding carboxylic acids is 2. The topological polar surface area (TPSA) is 93.7 Å². The Balaban J connectivity index is 1.32. The Morgan fingerprint density at radius 3 is 2.78 bits per heavy atom. The summed E-state index contributed by atoms with van der Waals surface area (Å²) in [5, 5.41) is 10.9. The lowest BCUT2D eigenvalue weighted by Gasteiger charge is -2.22. The highest BCUT2D eigenvalue weighted by Gasteiger charge is 2.34. The summed E-state index contributed by atoms with van der Waals surface area (Å²) in [6, 6.07) is 7.56. The zero-order valence-corrected chi connectivity index (χ0v) is 17.3. The van der Waals surface area contributed by atoms with Crippen LogP contribution in [0.5, 0.6) is 11.5 Å². The Kier molecular flexibility index (Phi) is 5.17. The van der Waals surface area contributed by atoms with E-state index in [2.05, 4.69) is 15.5 Å². The monoisotopic (exact) mass is 458 g/mol. The van der Waals surface area contributed by atoms with E-state index in [1.807, 2.05) is 0 Å². The van der Waals surface area contributed by atoms with Crippen LogP contribution in [-0.2, 0) is 0 Å². The second kappa shape index (κ2) is 8.15. The fraction of sp³-hybridized carbons (Fsp3) is 0.238. The van der Waals surface area contributed by atoms with Gasteiger partial charge in [0, 0.05) is 18.2 Å². The molecule has 0 aliphatic carbocycles. The summed E-state index contributed by atoms with van der Waals surface area (Å²) in [6.45, 7) is 0.663. The van der Waals surface area contributed by atoms with Gasteiger partial charge in [0.15, 0.2) is 11.5 Å². The highest BCUT2D eigenvalue weighted by molar-refractivity contribution is 7.13. The van der Waals surface area contributed by atoms with Crippen molar-refractivity contribution in [2.45, 2.75) is 18.9 Å². The van der Waals surface area contributed by atoms with Gasteiger partial charge in [-0.1, -0.05) is 11.3 Å². The number of likely N-dealkylation sites (tertiary alicyclic amines) is 1. The number of ether oxygens (including phenoxy) is 2. The molecule has 0 spiro atoms. The standard InChI is InChI=1S/C21H16F2N4O4S/c22-12-4-5-14(13(23)9-12)24-18(28)20-26-25-19(32-20)15-2-1-7-27(15)21(29)11-3-6-16-17(8-11)31-10-30-16/h3-6,8-9,15H,1-2,7,10H2,(H,24,28)/t15-/m1/s1. The molecule has 1 atom stereocenters. The molecule has 1 N–H and O–H groups in total. The van der Waals surface area contributed by atoms with Gasteiger partial charge in [-0.3, -0.25) is 9.59 Å². The number of hydrogen-bond donors (Lipinski definition) is 1. The van der Waals surface area contributed by atoms with Crippen LogP contribution in [0.2, 0.25) is 0 Å². The highest BCUT2D eigenvalue weighted by atomic mass is 32.1. The summed E-state index contributed by atoms with van der Waals surface area (Å²) < 4.78 is 37.5. The summed E-state index contributed by atoms with van der Waals surface area (Å²) in [5.74, 6) is -1.36. The lowest BCUT2D eigenvalue weighted by atomic mass is 10.1. The molecule has 1 saturated heterocycles. The Labute approximate surface area is 184 Å². The largest absolute Gasteiger partial charge is 0.454 e. The first-order chi connectivity index (χ1) is 15.5. The predicted molar refractivity (Wildman–Crippen MR) is 110 cm³/mol. The van der Waals surface area contributed by atoms with Crippen molar-refractivity contribution in [3.8, 4) is 11.5 Å². The van der Waals surface area contributed by atoms with Crippen LogP contribution in [0.1, 0.15) is 44.1 Å². The molecule has 164 valence electrons. The van der Waals surface area contributed by atoms with Crippen LogP contribution >= 0.6 is 11.3 Å². The molecule has 11 heteroatoms. The van der Waals surface area contributed by atoms with Gasteiger partial charge in [-0.25, -0.2) is 8.78 Å². The van der Waals surface area contributed by atoms with Crippen LogP contribution < -0.4 is 14.8 Å². The third-order valence-electron chi connectivity index (χ3n) is 5.23. The lowest BCUT2D eigenvalue weighted by molar-refractivity contribution is 0.0734. The molecule has 1 fully saturated rings. The SMILES string of the molecule is O=C(Nc1ccc(F)cc1F)c1nnc([C@H]2CCCN2C(=O)c2ccc3c(c2)OCO3)s1. The number of benzene rings is 2. The Bertz CT molecular complexity index is 1220. The van der Waals surface area contributed by atoms with E-state index in [0.717, 1.165) is 29.9 Å². The maximum atomic E-state index is 13.8. The highest BCUT2D eigenvalue weighted by Crippen LogP contribution is 2.37. The van der Waals surface area contributed by atoms with E-state index in [-0.39, 0.29) is 29.4 Å². The molecular weight excluding hydrogens is 442 g/mol. The van der Waals surface area contributed by atoms with Gasteiger partial charge in [-0.05, 0) is 43.2 Å². The van der Waals surface area contributed by atoms with Crippen molar-refractivity contribution in [1.82, 2.24) is 15.1 Å². The quantitative estimate of drug-likeness (QED) is 0.640. The van der Waals surface area contributed by atoms with Crippen molar-refractivity contribution in [3.05, 3.63) is 63.6 Å². The minimum Gasteiger partial charge on any atom is -0.454 e. The summed E-state index contributed by atoms with van der Waals surface area (Å²) in [6.07, 6.45) is 1.46. The van der Waals surface area contributed by atoms with Crippen LogP contribution in [0.3, 0.4) is 0 Å². The molecule has 2 aliphatic rings. The summed E-state index contributed by atoms with van der Waals surface area (Å²) >= 11 is 1.03. The van der Waals surface area contributed by atoms with Crippen LogP contribution in [0.25, 0.3) is 0 Å². The minimum absolute atomic E-state index is 0.0195. The number of anilines is 1. The lowest BCUT2D eigenvalue weighted by Crippen LogP contribution is -2.30. The maximum Gasteiger partial charge on any atom is 0.286 e. The zero-order valence-electron chi connectivity index (χ0n) is 16.5. The smallest absolute Gasteiger partial charge is 0.286 e. The number of fused-ring (bicyclic) bond motifs is 1. The summed E-state index contributed by atoms with van der Waals surface area (Å²) in [7, 11) is 0. The summed E-state index contributed by atoms with van der Waals surface area (Å²) in [4.78, 5) is 27.3. The van der Waals surface area contributed by atoms with Gasteiger partial charge in [0.2, 0.25) is 11.8 Å². The van der Waals surface area contributed by atoms with Gasteiger partial charge in [0.1, 0.15) is 16.6 Å². The average Bonchev–Trinajstić information content (AvgIpc) is 3.54. The molecule has 2 amide bonds. The van der Waals surface area contributed by atoms with E-state index in [9.17, 15) is 18.4 Å². The van der Waals surface area contributed by atoms with Crippen LogP contribution in [0.15, 0.2) is 36.4 Å². The molecular formula is C21H16F2N4O4S. The second-order valence-electron chi connectivity index (χ2n) is 7.25. The normalized spacial score (nSPS) is 16.9. The van der Waals surface area contributed by atoms with E-state index in [0.29, 0.717) is 41.1 Å². The minimum atomic E-state index is -0.889. The molecule has 0 bridgehead atoms. The number of nitrogens with zero attached hydrogens (tertiary/aromatic N) is 3. The second-order valence-corrected chi connectivity index (χ2v) is 8.26. The molecule has 2 aliphatic heterocycles. The van der Waals surface area contributed by atoms with Gasteiger partial charge >= 0.3 is 0 Å². The van der Waals surface area contributed by atoms with Crippen molar-refractivity contribution in [2.24, 2.45) is 0 Å². The Morgan fingerprint density at radius 2 is 1.94 bits per heavy atom. The van der Waals surface area contributed by atoms with Crippen molar-refractivity contribution >= 4 is 28.8 Å². The molecule has 0 unspecified atom stereocenters. The average molecular weight is 458 g/mol. The Morgan fingerprint density at radius 1 is 1.09 bits per heavy atom. The molecule has 1 aromatic heterocycles. The number of halogens is 2. The van der Waals surface area contributed by atoms with Crippen molar-refractivity contribution < 1.29 is 27.8 Å². The van der Waals surface area contributed by atoms with E-state index >= 15 is 0 Å². The van der Waals surface area contributed by atoms with Crippen molar-refractivity contribution in [3.63, 3.8) is 0 Å². The zero-order chi connectivity index (χ0) is 22.2. The van der Waals surface area contributed by atoms with Crippen LogP contribution in [0, 0.1) is 11.6 Å². The van der Waals surface area contributed by atoms with E-state index in [1.165, 1.54) is 0 Å². The number of aromatic nitrogens is 2. The Hall–Kier alpha value is -3.60. The van der Waals surface area contributed by atoms with Gasteiger partial charge < -0.3 is 19.7 Å².